The van der Waals surface area contributed by atoms with E-state index in [2.05, 4.69) is 5.43 Å². The summed E-state index contributed by atoms with van der Waals surface area (Å²) in [6, 6.07) is 6.11. The predicted molar refractivity (Wildman–Crippen MR) is 93.7 cm³/mol. The molecule has 2 atom stereocenters. The smallest absolute Gasteiger partial charge is 0.284 e. The molecule has 0 unspecified atom stereocenters. The van der Waals surface area contributed by atoms with E-state index in [4.69, 9.17) is 0 Å². The number of aliphatic hydroxyl groups excluding tert-OH is 1. The number of aliphatic hydroxyl groups is 1. The summed E-state index contributed by atoms with van der Waals surface area (Å²) in [6.45, 7) is 0. The number of rotatable bonds is 4. The number of nitro benzene ring substituents is 1. The number of non-ortho nitro benzene ring substituents is 1. The van der Waals surface area contributed by atoms with Crippen molar-refractivity contribution in [3.63, 3.8) is 0 Å². The first-order chi connectivity index (χ1) is 13.3. The van der Waals surface area contributed by atoms with Crippen LogP contribution in [0.25, 0.3) is 5.76 Å². The summed E-state index contributed by atoms with van der Waals surface area (Å²) < 4.78 is 0. The molecular weight excluding hydrogens is 368 g/mol. The van der Waals surface area contributed by atoms with E-state index >= 15 is 0 Å². The van der Waals surface area contributed by atoms with E-state index in [-0.39, 0.29) is 11.3 Å². The molecule has 2 fully saturated rings. The Labute approximate surface area is 159 Å². The van der Waals surface area contributed by atoms with E-state index in [1.807, 2.05) is 0 Å². The highest BCUT2D eigenvalue weighted by Crippen LogP contribution is 2.37. The van der Waals surface area contributed by atoms with E-state index in [1.54, 1.807) is 0 Å². The van der Waals surface area contributed by atoms with Crippen LogP contribution in [0.5, 0.6) is 0 Å². The molecule has 1 aromatic rings. The van der Waals surface area contributed by atoms with Gasteiger partial charge < -0.3 is 5.11 Å². The number of amides is 3. The number of benzene rings is 1. The molecule has 0 bridgehead atoms. The number of hydrogen-bond acceptors (Lipinski definition) is 7. The maximum absolute atomic E-state index is 12.4. The van der Waals surface area contributed by atoms with Gasteiger partial charge in [0.05, 0.1) is 16.8 Å². The van der Waals surface area contributed by atoms with E-state index in [0.717, 1.165) is 25.0 Å². The monoisotopic (exact) mass is 384 g/mol. The molecule has 1 aromatic carbocycles. The van der Waals surface area contributed by atoms with Gasteiger partial charge in [0, 0.05) is 17.7 Å². The van der Waals surface area contributed by atoms with E-state index in [0.29, 0.717) is 17.9 Å². The zero-order chi connectivity index (χ0) is 20.4. The first-order valence-corrected chi connectivity index (χ1v) is 8.62. The molecule has 10 heteroatoms. The van der Waals surface area contributed by atoms with Gasteiger partial charge in [0.15, 0.2) is 5.57 Å². The highest BCUT2D eigenvalue weighted by Gasteiger charge is 2.49. The Morgan fingerprint density at radius 3 is 2.18 bits per heavy atom. The highest BCUT2D eigenvalue weighted by molar-refractivity contribution is 6.10. The Bertz CT molecular complexity index is 906. The van der Waals surface area contributed by atoms with Gasteiger partial charge in [-0.25, -0.2) is 0 Å². The summed E-state index contributed by atoms with van der Waals surface area (Å²) in [5, 5.41) is 30.8. The molecular formula is C18H16N4O6. The minimum absolute atomic E-state index is 0.00467. The third-order valence-corrected chi connectivity index (χ3v) is 4.98. The molecule has 144 valence electrons. The number of hydrogen-bond donors (Lipinski definition) is 2. The lowest BCUT2D eigenvalue weighted by Gasteiger charge is -2.19. The first-order valence-electron chi connectivity index (χ1n) is 8.62. The molecule has 1 aliphatic carbocycles. The fraction of sp³-hybridized carbons (Fsp3) is 0.333. The van der Waals surface area contributed by atoms with Crippen LogP contribution in [-0.2, 0) is 14.4 Å². The number of carbonyl (C=O) groups excluding carboxylic acids is 3. The van der Waals surface area contributed by atoms with Crippen molar-refractivity contribution in [2.24, 2.45) is 11.8 Å². The quantitative estimate of drug-likeness (QED) is 0.199. The maximum Gasteiger partial charge on any atom is 0.284 e. The summed E-state index contributed by atoms with van der Waals surface area (Å²) in [4.78, 5) is 47.3. The van der Waals surface area contributed by atoms with Crippen LogP contribution < -0.4 is 5.43 Å². The van der Waals surface area contributed by atoms with Gasteiger partial charge in [0.2, 0.25) is 0 Å². The third kappa shape index (κ3) is 3.29. The minimum atomic E-state index is -1.11. The summed E-state index contributed by atoms with van der Waals surface area (Å²) in [7, 11) is 0. The number of nitrogens with one attached hydrogen (secondary N) is 1. The van der Waals surface area contributed by atoms with Gasteiger partial charge in [-0.15, -0.1) is 0 Å². The van der Waals surface area contributed by atoms with Crippen LogP contribution in [0.2, 0.25) is 0 Å². The second kappa shape index (κ2) is 7.48. The number of fused-ring (bicyclic) bond motifs is 1. The molecule has 0 aromatic heterocycles. The van der Waals surface area contributed by atoms with Crippen LogP contribution in [0.1, 0.15) is 31.2 Å². The number of nitriles is 1. The molecule has 3 amide bonds. The summed E-state index contributed by atoms with van der Waals surface area (Å²) in [5.41, 5.74) is 1.17. The molecule has 1 saturated carbocycles. The minimum Gasteiger partial charge on any atom is -0.506 e. The largest absolute Gasteiger partial charge is 0.506 e. The molecule has 3 rings (SSSR count). The molecule has 0 radical (unpaired) electrons. The molecule has 28 heavy (non-hydrogen) atoms. The van der Waals surface area contributed by atoms with Gasteiger partial charge in [-0.2, -0.15) is 10.3 Å². The van der Waals surface area contributed by atoms with Crippen molar-refractivity contribution >= 4 is 29.2 Å². The average Bonchev–Trinajstić information content (AvgIpc) is 2.93. The Hall–Kier alpha value is -3.74. The van der Waals surface area contributed by atoms with Crippen molar-refractivity contribution in [1.29, 1.82) is 5.26 Å². The topological polar surface area (TPSA) is 154 Å². The van der Waals surface area contributed by atoms with Gasteiger partial charge in [0.25, 0.3) is 23.4 Å². The number of nitro groups is 1. The fourth-order valence-corrected chi connectivity index (χ4v) is 3.53. The molecule has 1 heterocycles. The lowest BCUT2D eigenvalue weighted by molar-refractivity contribution is -0.384. The summed E-state index contributed by atoms with van der Waals surface area (Å²) in [6.07, 6.45) is 2.78. The fourth-order valence-electron chi connectivity index (χ4n) is 3.53. The van der Waals surface area contributed by atoms with Gasteiger partial charge in [-0.05, 0) is 25.0 Å². The predicted octanol–water partition coefficient (Wildman–Crippen LogP) is 1.59. The molecule has 1 aliphatic heterocycles. The van der Waals surface area contributed by atoms with Gasteiger partial charge in [-0.3, -0.25) is 29.9 Å². The number of imide groups is 1. The lowest BCUT2D eigenvalue weighted by atomic mass is 9.81. The van der Waals surface area contributed by atoms with E-state index < -0.39 is 45.8 Å². The Kier molecular flexibility index (Phi) is 5.08. The second-order valence-corrected chi connectivity index (χ2v) is 6.59. The van der Waals surface area contributed by atoms with Crippen molar-refractivity contribution in [3.05, 3.63) is 45.5 Å². The Morgan fingerprint density at radius 1 is 1.18 bits per heavy atom. The third-order valence-electron chi connectivity index (χ3n) is 4.98. The molecule has 10 nitrogen and oxygen atoms in total. The van der Waals surface area contributed by atoms with Crippen molar-refractivity contribution in [2.75, 3.05) is 0 Å². The highest BCUT2D eigenvalue weighted by atomic mass is 16.6. The Balaban J connectivity index is 1.82. The van der Waals surface area contributed by atoms with Crippen LogP contribution in [0.15, 0.2) is 29.8 Å². The van der Waals surface area contributed by atoms with Crippen LogP contribution >= 0.6 is 0 Å². The average molecular weight is 384 g/mol. The van der Waals surface area contributed by atoms with Crippen LogP contribution in [0.3, 0.4) is 0 Å². The van der Waals surface area contributed by atoms with Crippen LogP contribution in [-0.4, -0.2) is 32.8 Å². The van der Waals surface area contributed by atoms with E-state index in [9.17, 15) is 34.9 Å². The van der Waals surface area contributed by atoms with Crippen molar-refractivity contribution in [3.8, 4) is 6.07 Å². The van der Waals surface area contributed by atoms with Crippen molar-refractivity contribution in [2.45, 2.75) is 25.7 Å². The lowest BCUT2D eigenvalue weighted by Crippen LogP contribution is -2.47. The van der Waals surface area contributed by atoms with Gasteiger partial charge in [-0.1, -0.05) is 12.8 Å². The zero-order valence-electron chi connectivity index (χ0n) is 14.6. The molecule has 2 N–H and O–H groups in total. The Morgan fingerprint density at radius 2 is 1.71 bits per heavy atom. The zero-order valence-corrected chi connectivity index (χ0v) is 14.6. The number of hydrazine groups is 1. The standard InChI is InChI=1S/C18H16N4O6/c19-9-14(15(23)10-5-7-11(8-6-10)22(27)28)16(24)20-21-17(25)12-3-1-2-4-13(12)18(21)26/h5-8,12-13,23H,1-4H2,(H,20,24)/b15-14-/t12-,13+. The van der Waals surface area contributed by atoms with E-state index in [1.165, 1.54) is 18.2 Å². The normalized spacial score (nSPS) is 22.2. The van der Waals surface area contributed by atoms with Crippen LogP contribution in [0, 0.1) is 33.3 Å². The summed E-state index contributed by atoms with van der Waals surface area (Å²) >= 11 is 0. The SMILES string of the molecule is N#C/C(C(=O)NN1C(=O)[C@H]2CCCC[C@H]2C1=O)=C(/O)c1ccc([N+](=O)[O-])cc1. The molecule has 0 spiro atoms. The molecule has 1 saturated heterocycles. The number of nitrogens with zero attached hydrogens (tertiary/aromatic N) is 3. The van der Waals surface area contributed by atoms with Crippen molar-refractivity contribution in [1.82, 2.24) is 10.4 Å². The van der Waals surface area contributed by atoms with Gasteiger partial charge in [0.1, 0.15) is 11.8 Å². The summed E-state index contributed by atoms with van der Waals surface area (Å²) in [5.74, 6) is -3.81. The maximum atomic E-state index is 12.4. The second-order valence-electron chi connectivity index (χ2n) is 6.59. The first kappa shape index (κ1) is 19.0. The molecule has 2 aliphatic rings. The number of carbonyl (C=O) groups is 3. The van der Waals surface area contributed by atoms with Crippen molar-refractivity contribution < 1.29 is 24.4 Å². The van der Waals surface area contributed by atoms with Gasteiger partial charge >= 0.3 is 0 Å². The van der Waals surface area contributed by atoms with Crippen LogP contribution in [0.4, 0.5) is 5.69 Å².